The summed E-state index contributed by atoms with van der Waals surface area (Å²) in [6, 6.07) is 11.1. The predicted octanol–water partition coefficient (Wildman–Crippen LogP) is 5.37. The SMILES string of the molecule is CCC(C)(C)C(c1ccccc1)C(C)CN1CC(C)OC(C)C1.Cl. The number of hydrogen-bond donors (Lipinski definition) is 0. The summed E-state index contributed by atoms with van der Waals surface area (Å²) in [5.41, 5.74) is 1.80. The molecule has 1 aromatic rings. The number of hydrogen-bond acceptors (Lipinski definition) is 2. The van der Waals surface area contributed by atoms with Gasteiger partial charge in [0.05, 0.1) is 12.2 Å². The Morgan fingerprint density at radius 1 is 1.12 bits per heavy atom. The standard InChI is InChI=1S/C21H35NO.ClH/c1-7-21(5,6)20(19-11-9-8-10-12-19)16(2)13-22-14-17(3)23-18(4)15-22;/h8-12,16-18,20H,7,13-15H2,1-6H3;1H. The molecule has 1 heterocycles. The van der Waals surface area contributed by atoms with Crippen molar-refractivity contribution in [2.24, 2.45) is 11.3 Å². The van der Waals surface area contributed by atoms with Crippen molar-refractivity contribution in [1.82, 2.24) is 4.90 Å². The van der Waals surface area contributed by atoms with Gasteiger partial charge in [0, 0.05) is 19.6 Å². The highest BCUT2D eigenvalue weighted by molar-refractivity contribution is 5.85. The first-order chi connectivity index (χ1) is 10.8. The molecule has 1 aliphatic rings. The molecule has 2 nitrogen and oxygen atoms in total. The van der Waals surface area contributed by atoms with Crippen molar-refractivity contribution < 1.29 is 4.74 Å². The molecule has 0 aromatic heterocycles. The Kier molecular flexibility index (Phi) is 8.25. The van der Waals surface area contributed by atoms with Crippen LogP contribution in [0.5, 0.6) is 0 Å². The Morgan fingerprint density at radius 3 is 2.17 bits per heavy atom. The Hall–Kier alpha value is -0.570. The van der Waals surface area contributed by atoms with Crippen molar-refractivity contribution in [2.75, 3.05) is 19.6 Å². The Labute approximate surface area is 155 Å². The molecule has 3 heteroatoms. The van der Waals surface area contributed by atoms with Crippen LogP contribution in [0.4, 0.5) is 0 Å². The Bertz CT molecular complexity index is 466. The van der Waals surface area contributed by atoms with Crippen LogP contribution in [0.2, 0.25) is 0 Å². The topological polar surface area (TPSA) is 12.5 Å². The zero-order valence-corrected chi connectivity index (χ0v) is 17.1. The maximum absolute atomic E-state index is 5.89. The van der Waals surface area contributed by atoms with Crippen LogP contribution in [0.15, 0.2) is 30.3 Å². The number of halogens is 1. The lowest BCUT2D eigenvalue weighted by molar-refractivity contribution is -0.0728. The molecule has 4 unspecified atom stereocenters. The zero-order chi connectivity index (χ0) is 17.0. The predicted molar refractivity (Wildman–Crippen MR) is 106 cm³/mol. The molecule has 1 aromatic carbocycles. The third-order valence-electron chi connectivity index (χ3n) is 5.52. The van der Waals surface area contributed by atoms with Gasteiger partial charge in [-0.2, -0.15) is 0 Å². The van der Waals surface area contributed by atoms with Crippen molar-refractivity contribution in [3.05, 3.63) is 35.9 Å². The number of rotatable bonds is 6. The average molecular weight is 354 g/mol. The van der Waals surface area contributed by atoms with Crippen LogP contribution in [-0.2, 0) is 4.74 Å². The largest absolute Gasteiger partial charge is 0.373 e. The molecule has 1 aliphatic heterocycles. The fraction of sp³-hybridized carbons (Fsp3) is 0.714. The summed E-state index contributed by atoms with van der Waals surface area (Å²) in [6.45, 7) is 17.3. The molecule has 0 spiro atoms. The fourth-order valence-corrected chi connectivity index (χ4v) is 4.38. The van der Waals surface area contributed by atoms with Gasteiger partial charge >= 0.3 is 0 Å². The fourth-order valence-electron chi connectivity index (χ4n) is 4.38. The molecule has 1 fully saturated rings. The van der Waals surface area contributed by atoms with Gasteiger partial charge in [-0.25, -0.2) is 0 Å². The first-order valence-corrected chi connectivity index (χ1v) is 9.26. The molecule has 0 N–H and O–H groups in total. The summed E-state index contributed by atoms with van der Waals surface area (Å²) >= 11 is 0. The smallest absolute Gasteiger partial charge is 0.0678 e. The zero-order valence-electron chi connectivity index (χ0n) is 16.3. The summed E-state index contributed by atoms with van der Waals surface area (Å²) in [5, 5.41) is 0. The van der Waals surface area contributed by atoms with Crippen molar-refractivity contribution in [2.45, 2.75) is 66.1 Å². The lowest BCUT2D eigenvalue weighted by atomic mass is 9.67. The third kappa shape index (κ3) is 5.47. The Morgan fingerprint density at radius 2 is 1.67 bits per heavy atom. The molecule has 1 saturated heterocycles. The van der Waals surface area contributed by atoms with E-state index in [4.69, 9.17) is 4.74 Å². The highest BCUT2D eigenvalue weighted by Gasteiger charge is 2.35. The average Bonchev–Trinajstić information content (AvgIpc) is 2.47. The highest BCUT2D eigenvalue weighted by atomic mass is 35.5. The van der Waals surface area contributed by atoms with Crippen LogP contribution in [0, 0.1) is 11.3 Å². The van der Waals surface area contributed by atoms with Gasteiger partial charge in [-0.15, -0.1) is 12.4 Å². The van der Waals surface area contributed by atoms with E-state index in [0.29, 0.717) is 29.5 Å². The molecule has 138 valence electrons. The van der Waals surface area contributed by atoms with E-state index in [-0.39, 0.29) is 12.4 Å². The van der Waals surface area contributed by atoms with E-state index < -0.39 is 0 Å². The summed E-state index contributed by atoms with van der Waals surface area (Å²) < 4.78 is 5.89. The highest BCUT2D eigenvalue weighted by Crippen LogP contribution is 2.43. The van der Waals surface area contributed by atoms with Crippen molar-refractivity contribution in [3.63, 3.8) is 0 Å². The van der Waals surface area contributed by atoms with Gasteiger partial charge in [-0.05, 0) is 36.7 Å². The van der Waals surface area contributed by atoms with Crippen molar-refractivity contribution in [1.29, 1.82) is 0 Å². The number of ether oxygens (including phenoxy) is 1. The molecule has 2 rings (SSSR count). The minimum absolute atomic E-state index is 0. The first-order valence-electron chi connectivity index (χ1n) is 9.26. The van der Waals surface area contributed by atoms with E-state index in [1.807, 2.05) is 0 Å². The summed E-state index contributed by atoms with van der Waals surface area (Å²) in [5.74, 6) is 1.21. The van der Waals surface area contributed by atoms with Gasteiger partial charge in [-0.3, -0.25) is 4.90 Å². The molecule has 24 heavy (non-hydrogen) atoms. The second-order valence-corrected chi connectivity index (χ2v) is 8.18. The van der Waals surface area contributed by atoms with Crippen molar-refractivity contribution >= 4 is 12.4 Å². The summed E-state index contributed by atoms with van der Waals surface area (Å²) in [4.78, 5) is 2.60. The number of morpholine rings is 1. The first kappa shape index (κ1) is 21.5. The summed E-state index contributed by atoms with van der Waals surface area (Å²) in [7, 11) is 0. The van der Waals surface area contributed by atoms with E-state index >= 15 is 0 Å². The lowest BCUT2D eigenvalue weighted by Gasteiger charge is -2.42. The van der Waals surface area contributed by atoms with Crippen molar-refractivity contribution in [3.8, 4) is 0 Å². The molecule has 0 radical (unpaired) electrons. The van der Waals surface area contributed by atoms with Crippen LogP contribution in [0.25, 0.3) is 0 Å². The maximum atomic E-state index is 5.89. The van der Waals surface area contributed by atoms with Crippen LogP contribution in [0.1, 0.15) is 59.4 Å². The lowest BCUT2D eigenvalue weighted by Crippen LogP contribution is -2.48. The minimum atomic E-state index is 0. The minimum Gasteiger partial charge on any atom is -0.373 e. The van der Waals surface area contributed by atoms with Gasteiger partial charge in [-0.1, -0.05) is 64.4 Å². The molecular weight excluding hydrogens is 318 g/mol. The van der Waals surface area contributed by atoms with Gasteiger partial charge < -0.3 is 4.74 Å². The van der Waals surface area contributed by atoms with E-state index in [1.165, 1.54) is 12.0 Å². The van der Waals surface area contributed by atoms with E-state index in [9.17, 15) is 0 Å². The molecule has 0 aliphatic carbocycles. The maximum Gasteiger partial charge on any atom is 0.0678 e. The molecular formula is C21H36ClNO. The van der Waals surface area contributed by atoms with E-state index in [2.05, 4.69) is 76.8 Å². The Balaban J connectivity index is 0.00000288. The quantitative estimate of drug-likeness (QED) is 0.681. The summed E-state index contributed by atoms with van der Waals surface area (Å²) in [6.07, 6.45) is 1.90. The second kappa shape index (κ2) is 9.22. The second-order valence-electron chi connectivity index (χ2n) is 8.18. The molecule has 0 saturated carbocycles. The van der Waals surface area contributed by atoms with Crippen LogP contribution in [-0.4, -0.2) is 36.7 Å². The van der Waals surface area contributed by atoms with E-state index in [0.717, 1.165) is 19.6 Å². The van der Waals surface area contributed by atoms with Crippen LogP contribution in [0.3, 0.4) is 0 Å². The van der Waals surface area contributed by atoms with Gasteiger partial charge in [0.2, 0.25) is 0 Å². The van der Waals surface area contributed by atoms with Gasteiger partial charge in [0.15, 0.2) is 0 Å². The van der Waals surface area contributed by atoms with E-state index in [1.54, 1.807) is 0 Å². The van der Waals surface area contributed by atoms with Crippen LogP contribution < -0.4 is 0 Å². The normalized spacial score (nSPS) is 24.9. The third-order valence-corrected chi connectivity index (χ3v) is 5.52. The number of benzene rings is 1. The monoisotopic (exact) mass is 353 g/mol. The van der Waals surface area contributed by atoms with Gasteiger partial charge in [0.1, 0.15) is 0 Å². The van der Waals surface area contributed by atoms with Crippen LogP contribution >= 0.6 is 12.4 Å². The number of nitrogens with zero attached hydrogens (tertiary/aromatic N) is 1. The molecule has 0 amide bonds. The molecule has 4 atom stereocenters. The molecule has 0 bridgehead atoms. The van der Waals surface area contributed by atoms with Gasteiger partial charge in [0.25, 0.3) is 0 Å².